The predicted octanol–water partition coefficient (Wildman–Crippen LogP) is 2.24. The molecule has 1 radical (unpaired) electrons. The molecule has 0 fully saturated rings. The van der Waals surface area contributed by atoms with Crippen LogP contribution in [0.2, 0.25) is 0 Å². The maximum atomic E-state index is 10.8. The van der Waals surface area contributed by atoms with E-state index in [0.29, 0.717) is 5.92 Å². The number of hydrogen-bond donors (Lipinski definition) is 0. The zero-order valence-electron chi connectivity index (χ0n) is 5.98. The van der Waals surface area contributed by atoms with Crippen molar-refractivity contribution in [1.82, 2.24) is 0 Å². The molecular formula is C7H15O. The topological polar surface area (TPSA) is 19.9 Å². The standard InChI is InChI=1S/C7H15O/c1-4-6(3)7(8)5-2/h6-7H,4-5H2,1-3H3. The average molecular weight is 115 g/mol. The van der Waals surface area contributed by atoms with Crippen LogP contribution in [0.4, 0.5) is 0 Å². The minimum absolute atomic E-state index is 0.333. The molecule has 0 aromatic heterocycles. The maximum absolute atomic E-state index is 10.8. The Bertz CT molecular complexity index is 44.3. The van der Waals surface area contributed by atoms with E-state index in [4.69, 9.17) is 0 Å². The molecule has 0 aliphatic rings. The van der Waals surface area contributed by atoms with E-state index >= 15 is 0 Å². The van der Waals surface area contributed by atoms with Gasteiger partial charge in [0, 0.05) is 0 Å². The van der Waals surface area contributed by atoms with Crippen LogP contribution in [0.3, 0.4) is 0 Å². The Kier molecular flexibility index (Phi) is 3.88. The number of rotatable bonds is 3. The first-order chi connectivity index (χ1) is 3.72. The average Bonchev–Trinajstić information content (AvgIpc) is 1.84. The normalized spacial score (nSPS) is 18.0. The summed E-state index contributed by atoms with van der Waals surface area (Å²) in [6, 6.07) is 0. The van der Waals surface area contributed by atoms with Gasteiger partial charge in [0.1, 0.15) is 0 Å². The second-order valence-electron chi connectivity index (χ2n) is 2.33. The second kappa shape index (κ2) is 3.90. The maximum Gasteiger partial charge on any atom is 0.0952 e. The van der Waals surface area contributed by atoms with Gasteiger partial charge in [0.05, 0.1) is 6.10 Å². The van der Waals surface area contributed by atoms with Crippen LogP contribution in [0.15, 0.2) is 0 Å². The first-order valence-electron chi connectivity index (χ1n) is 3.38. The van der Waals surface area contributed by atoms with E-state index in [9.17, 15) is 5.11 Å². The van der Waals surface area contributed by atoms with Crippen molar-refractivity contribution in [3.05, 3.63) is 0 Å². The third kappa shape index (κ3) is 2.31. The van der Waals surface area contributed by atoms with Crippen molar-refractivity contribution < 1.29 is 5.11 Å². The van der Waals surface area contributed by atoms with Gasteiger partial charge in [-0.05, 0) is 12.3 Å². The van der Waals surface area contributed by atoms with E-state index in [1.54, 1.807) is 0 Å². The minimum Gasteiger partial charge on any atom is -0.233 e. The summed E-state index contributed by atoms with van der Waals surface area (Å²) in [4.78, 5) is 0. The predicted molar refractivity (Wildman–Crippen MR) is 34.2 cm³/mol. The minimum atomic E-state index is -0.333. The molecule has 0 saturated heterocycles. The molecule has 0 aliphatic heterocycles. The third-order valence-corrected chi connectivity index (χ3v) is 1.68. The summed E-state index contributed by atoms with van der Waals surface area (Å²) in [6.45, 7) is 6.02. The van der Waals surface area contributed by atoms with Crippen LogP contribution in [0, 0.1) is 5.92 Å². The van der Waals surface area contributed by atoms with Crippen molar-refractivity contribution in [3.8, 4) is 0 Å². The summed E-state index contributed by atoms with van der Waals surface area (Å²) in [5, 5.41) is 10.8. The van der Waals surface area contributed by atoms with Gasteiger partial charge >= 0.3 is 0 Å². The fraction of sp³-hybridized carbons (Fsp3) is 1.00. The molecule has 1 heteroatoms. The lowest BCUT2D eigenvalue weighted by molar-refractivity contribution is 0.0388. The van der Waals surface area contributed by atoms with Gasteiger partial charge < -0.3 is 0 Å². The van der Waals surface area contributed by atoms with Crippen molar-refractivity contribution >= 4 is 0 Å². The van der Waals surface area contributed by atoms with Crippen molar-refractivity contribution in [2.24, 2.45) is 5.92 Å². The van der Waals surface area contributed by atoms with Crippen LogP contribution in [0.25, 0.3) is 0 Å². The van der Waals surface area contributed by atoms with Crippen LogP contribution in [0.1, 0.15) is 33.6 Å². The highest BCUT2D eigenvalue weighted by atomic mass is 16.3. The van der Waals surface area contributed by atoms with E-state index in [1.807, 2.05) is 13.8 Å². The van der Waals surface area contributed by atoms with Crippen LogP contribution in [-0.4, -0.2) is 6.10 Å². The van der Waals surface area contributed by atoms with Crippen LogP contribution in [-0.2, 0) is 5.11 Å². The number of hydrogen-bond acceptors (Lipinski definition) is 0. The van der Waals surface area contributed by atoms with E-state index < -0.39 is 0 Å². The fourth-order valence-electron chi connectivity index (χ4n) is 0.665. The van der Waals surface area contributed by atoms with Gasteiger partial charge in [-0.2, -0.15) is 0 Å². The van der Waals surface area contributed by atoms with Crippen molar-refractivity contribution in [3.63, 3.8) is 0 Å². The smallest absolute Gasteiger partial charge is 0.0952 e. The molecular weight excluding hydrogens is 100 g/mol. The zero-order valence-corrected chi connectivity index (χ0v) is 5.98. The summed E-state index contributed by atoms with van der Waals surface area (Å²) in [6.07, 6.45) is 1.46. The Morgan fingerprint density at radius 3 is 1.88 bits per heavy atom. The highest BCUT2D eigenvalue weighted by molar-refractivity contribution is 4.58. The van der Waals surface area contributed by atoms with Crippen molar-refractivity contribution in [2.75, 3.05) is 0 Å². The van der Waals surface area contributed by atoms with Gasteiger partial charge in [0.25, 0.3) is 0 Å². The zero-order chi connectivity index (χ0) is 6.57. The highest BCUT2D eigenvalue weighted by Crippen LogP contribution is 2.09. The quantitative estimate of drug-likeness (QED) is 0.537. The second-order valence-corrected chi connectivity index (χ2v) is 2.33. The van der Waals surface area contributed by atoms with Crippen LogP contribution < -0.4 is 0 Å². The lowest BCUT2D eigenvalue weighted by Crippen LogP contribution is -2.13. The van der Waals surface area contributed by atoms with Crippen molar-refractivity contribution in [2.45, 2.75) is 39.7 Å². The molecule has 0 bridgehead atoms. The molecule has 0 aliphatic carbocycles. The first kappa shape index (κ1) is 7.96. The Hall–Kier alpha value is -0.0400. The van der Waals surface area contributed by atoms with E-state index in [2.05, 4.69) is 6.92 Å². The summed E-state index contributed by atoms with van der Waals surface area (Å²) in [5.41, 5.74) is 0. The van der Waals surface area contributed by atoms with Crippen LogP contribution >= 0.6 is 0 Å². The third-order valence-electron chi connectivity index (χ3n) is 1.68. The molecule has 2 unspecified atom stereocenters. The van der Waals surface area contributed by atoms with Gasteiger partial charge in [-0.1, -0.05) is 27.2 Å². The Morgan fingerprint density at radius 1 is 1.25 bits per heavy atom. The van der Waals surface area contributed by atoms with Gasteiger partial charge in [-0.3, -0.25) is 0 Å². The van der Waals surface area contributed by atoms with Gasteiger partial charge in [0.15, 0.2) is 0 Å². The lowest BCUT2D eigenvalue weighted by Gasteiger charge is -2.10. The van der Waals surface area contributed by atoms with E-state index in [0.717, 1.165) is 12.8 Å². The first-order valence-corrected chi connectivity index (χ1v) is 3.38. The lowest BCUT2D eigenvalue weighted by atomic mass is 10.0. The molecule has 1 nitrogen and oxygen atoms in total. The monoisotopic (exact) mass is 115 g/mol. The molecule has 0 spiro atoms. The van der Waals surface area contributed by atoms with Crippen molar-refractivity contribution in [1.29, 1.82) is 0 Å². The SMILES string of the molecule is CCC(C)C([O])CC. The Balaban J connectivity index is 3.29. The van der Waals surface area contributed by atoms with Gasteiger partial charge in [-0.15, -0.1) is 0 Å². The van der Waals surface area contributed by atoms with Crippen LogP contribution in [0.5, 0.6) is 0 Å². The summed E-state index contributed by atoms with van der Waals surface area (Å²) < 4.78 is 0. The molecule has 0 saturated carbocycles. The molecule has 2 atom stereocenters. The molecule has 0 amide bonds. The van der Waals surface area contributed by atoms with E-state index in [-0.39, 0.29) is 6.10 Å². The van der Waals surface area contributed by atoms with E-state index in [1.165, 1.54) is 0 Å². The summed E-state index contributed by atoms with van der Waals surface area (Å²) in [5.74, 6) is 0.361. The molecule has 8 heavy (non-hydrogen) atoms. The highest BCUT2D eigenvalue weighted by Gasteiger charge is 2.09. The molecule has 49 valence electrons. The summed E-state index contributed by atoms with van der Waals surface area (Å²) >= 11 is 0. The molecule has 0 heterocycles. The molecule has 0 aromatic rings. The Morgan fingerprint density at radius 2 is 1.75 bits per heavy atom. The molecule has 0 N–H and O–H groups in total. The largest absolute Gasteiger partial charge is 0.233 e. The van der Waals surface area contributed by atoms with Gasteiger partial charge in [-0.25, -0.2) is 5.11 Å². The Labute approximate surface area is 51.7 Å². The van der Waals surface area contributed by atoms with Gasteiger partial charge in [0.2, 0.25) is 0 Å². The summed E-state index contributed by atoms with van der Waals surface area (Å²) in [7, 11) is 0. The molecule has 0 aromatic carbocycles. The molecule has 0 rings (SSSR count). The fourth-order valence-corrected chi connectivity index (χ4v) is 0.665.